The van der Waals surface area contributed by atoms with Crippen molar-refractivity contribution in [3.8, 4) is 0 Å². The number of carbonyl (C=O) groups is 4. The summed E-state index contributed by atoms with van der Waals surface area (Å²) in [7, 11) is 0. The minimum atomic E-state index is -0.914. The van der Waals surface area contributed by atoms with Crippen LogP contribution in [0.15, 0.2) is 23.8 Å². The highest BCUT2D eigenvalue weighted by Gasteiger charge is 2.42. The van der Waals surface area contributed by atoms with Crippen LogP contribution in [0.1, 0.15) is 39.5 Å². The van der Waals surface area contributed by atoms with Gasteiger partial charge in [-0.2, -0.15) is 0 Å². The van der Waals surface area contributed by atoms with Gasteiger partial charge in [-0.15, -0.1) is 0 Å². The highest BCUT2D eigenvalue weighted by molar-refractivity contribution is 6.03. The first-order valence-electron chi connectivity index (χ1n) is 8.20. The number of hydrogen-bond donors (Lipinski definition) is 2. The van der Waals surface area contributed by atoms with Crippen molar-refractivity contribution in [2.45, 2.75) is 51.7 Å². The zero-order valence-corrected chi connectivity index (χ0v) is 14.2. The summed E-state index contributed by atoms with van der Waals surface area (Å²) in [5.74, 6) is -2.85. The molecule has 0 radical (unpaired) electrons. The van der Waals surface area contributed by atoms with Gasteiger partial charge in [-0.3, -0.25) is 29.3 Å². The first-order chi connectivity index (χ1) is 11.8. The number of carboxylic acids is 1. The molecule has 0 bridgehead atoms. The fourth-order valence-electron chi connectivity index (χ4n) is 2.67. The van der Waals surface area contributed by atoms with Crippen molar-refractivity contribution in [2.75, 3.05) is 0 Å². The Kier molecular flexibility index (Phi) is 6.08. The summed E-state index contributed by atoms with van der Waals surface area (Å²) in [5, 5.41) is 12.1. The molecule has 1 aliphatic heterocycles. The summed E-state index contributed by atoms with van der Waals surface area (Å²) >= 11 is 0. The van der Waals surface area contributed by atoms with Gasteiger partial charge in [0.25, 0.3) is 11.8 Å². The minimum Gasteiger partial charge on any atom is -0.481 e. The van der Waals surface area contributed by atoms with Crippen LogP contribution in [0.5, 0.6) is 0 Å². The van der Waals surface area contributed by atoms with Crippen molar-refractivity contribution in [1.29, 1.82) is 0 Å². The number of carboxylic acid groups (broad SMARTS) is 1. The summed E-state index contributed by atoms with van der Waals surface area (Å²) in [6, 6.07) is -0.914. The van der Waals surface area contributed by atoms with Gasteiger partial charge in [0, 0.05) is 12.0 Å². The molecule has 3 amide bonds. The number of aliphatic carboxylic acids is 1. The maximum absolute atomic E-state index is 12.7. The first kappa shape index (κ1) is 18.9. The van der Waals surface area contributed by atoms with Crippen molar-refractivity contribution < 1.29 is 29.1 Å². The number of nitrogens with one attached hydrogen (secondary N) is 1. The van der Waals surface area contributed by atoms with Gasteiger partial charge in [0.1, 0.15) is 6.04 Å². The Morgan fingerprint density at radius 2 is 2.00 bits per heavy atom. The Morgan fingerprint density at radius 3 is 2.56 bits per heavy atom. The average molecular weight is 350 g/mol. The largest absolute Gasteiger partial charge is 0.481 e. The van der Waals surface area contributed by atoms with Crippen LogP contribution in [0.2, 0.25) is 0 Å². The van der Waals surface area contributed by atoms with Gasteiger partial charge in [0.2, 0.25) is 5.91 Å². The van der Waals surface area contributed by atoms with Crippen LogP contribution in [0.4, 0.5) is 0 Å². The molecule has 1 aliphatic carbocycles. The topological polar surface area (TPSA) is 113 Å². The average Bonchev–Trinajstić information content (AvgIpc) is 2.51. The predicted octanol–water partition coefficient (Wildman–Crippen LogP) is 0.937. The lowest BCUT2D eigenvalue weighted by atomic mass is 9.82. The number of rotatable bonds is 6. The molecule has 2 aliphatic rings. The van der Waals surface area contributed by atoms with E-state index in [1.165, 1.54) is 0 Å². The molecule has 25 heavy (non-hydrogen) atoms. The number of carbonyl (C=O) groups excluding carboxylic acids is 3. The van der Waals surface area contributed by atoms with Crippen LogP contribution in [0.3, 0.4) is 0 Å². The van der Waals surface area contributed by atoms with E-state index in [4.69, 9.17) is 9.94 Å². The quantitative estimate of drug-likeness (QED) is 0.319. The van der Waals surface area contributed by atoms with Crippen LogP contribution >= 0.6 is 0 Å². The third-order valence-corrected chi connectivity index (χ3v) is 4.28. The molecule has 8 heteroatoms. The van der Waals surface area contributed by atoms with E-state index in [2.05, 4.69) is 5.32 Å². The van der Waals surface area contributed by atoms with Gasteiger partial charge >= 0.3 is 5.97 Å². The molecule has 1 atom stereocenters. The fraction of sp³-hybridized carbons (Fsp3) is 0.529. The van der Waals surface area contributed by atoms with Gasteiger partial charge in [-0.25, -0.2) is 5.06 Å². The van der Waals surface area contributed by atoms with E-state index in [1.807, 2.05) is 6.92 Å². The van der Waals surface area contributed by atoms with Gasteiger partial charge in [0.15, 0.2) is 0 Å². The van der Waals surface area contributed by atoms with E-state index < -0.39 is 35.8 Å². The molecule has 1 unspecified atom stereocenters. The Labute approximate surface area is 145 Å². The van der Waals surface area contributed by atoms with Crippen LogP contribution < -0.4 is 5.32 Å². The van der Waals surface area contributed by atoms with E-state index >= 15 is 0 Å². The molecule has 1 heterocycles. The molecule has 136 valence electrons. The van der Waals surface area contributed by atoms with E-state index in [-0.39, 0.29) is 31.6 Å². The summed E-state index contributed by atoms with van der Waals surface area (Å²) in [6.07, 6.45) is 5.47. The lowest BCUT2D eigenvalue weighted by Crippen LogP contribution is -2.56. The summed E-state index contributed by atoms with van der Waals surface area (Å²) < 4.78 is 0. The molecule has 2 rings (SSSR count). The normalized spacial score (nSPS) is 27.0. The van der Waals surface area contributed by atoms with Crippen molar-refractivity contribution in [2.24, 2.45) is 5.92 Å². The molecule has 0 aromatic heterocycles. The van der Waals surface area contributed by atoms with E-state index in [0.29, 0.717) is 5.57 Å². The second-order valence-electron chi connectivity index (χ2n) is 6.21. The second-order valence-corrected chi connectivity index (χ2v) is 6.21. The van der Waals surface area contributed by atoms with E-state index in [9.17, 15) is 19.2 Å². The van der Waals surface area contributed by atoms with E-state index in [0.717, 1.165) is 5.06 Å². The number of hydrogen-bond acceptors (Lipinski definition) is 5. The van der Waals surface area contributed by atoms with Gasteiger partial charge in [-0.05, 0) is 33.1 Å². The zero-order chi connectivity index (χ0) is 18.6. The van der Waals surface area contributed by atoms with Crippen LogP contribution in [0.25, 0.3) is 0 Å². The Morgan fingerprint density at radius 1 is 1.32 bits per heavy atom. The van der Waals surface area contributed by atoms with Crippen molar-refractivity contribution in [1.82, 2.24) is 10.4 Å². The summed E-state index contributed by atoms with van der Waals surface area (Å²) in [4.78, 5) is 52.7. The first-order valence-corrected chi connectivity index (χ1v) is 8.20. The molecule has 0 spiro atoms. The maximum Gasteiger partial charge on any atom is 0.306 e. The number of imide groups is 1. The highest BCUT2D eigenvalue weighted by Crippen LogP contribution is 2.32. The predicted molar refractivity (Wildman–Crippen MR) is 86.8 cm³/mol. The minimum absolute atomic E-state index is 0.115. The number of nitrogens with zero attached hydrogens (tertiary/aromatic N) is 1. The number of allylic oxidation sites excluding steroid dienone is 3. The van der Waals surface area contributed by atoms with Crippen molar-refractivity contribution in [3.05, 3.63) is 23.8 Å². The molecular formula is C17H22N2O6. The molecule has 2 N–H and O–H groups in total. The Bertz CT molecular complexity index is 633. The van der Waals surface area contributed by atoms with Crippen LogP contribution in [-0.4, -0.2) is 46.0 Å². The smallest absolute Gasteiger partial charge is 0.306 e. The van der Waals surface area contributed by atoms with Gasteiger partial charge < -0.3 is 5.11 Å². The monoisotopic (exact) mass is 350 g/mol. The maximum atomic E-state index is 12.7. The molecule has 0 aromatic rings. The molecule has 0 aromatic carbocycles. The number of amides is 3. The molecule has 8 nitrogen and oxygen atoms in total. The molecular weight excluding hydrogens is 328 g/mol. The Balaban J connectivity index is 2.14. The van der Waals surface area contributed by atoms with Crippen LogP contribution in [-0.2, 0) is 24.0 Å². The zero-order valence-electron chi connectivity index (χ0n) is 14.2. The van der Waals surface area contributed by atoms with Gasteiger partial charge in [-0.1, -0.05) is 18.2 Å². The standard InChI is InChI=1S/C17H22N2O6/c1-3-4-5-10(2)16(22)19(13-6-7-14(20)18-15(13)21)25-12-8-11(9-12)17(23)24/h3-5,11-13H,6-9H2,1-2H3,(H,23,24)(H,18,20,21)/b4-3-,10-5+. The third kappa shape index (κ3) is 4.54. The SMILES string of the molecule is C/C=C\C=C(/C)C(=O)N(OC1CC(C(=O)O)C1)C1CCC(=O)NC1=O. The third-order valence-electron chi connectivity index (χ3n) is 4.28. The number of piperidine rings is 1. The van der Waals surface area contributed by atoms with Crippen LogP contribution in [0, 0.1) is 5.92 Å². The van der Waals surface area contributed by atoms with Gasteiger partial charge in [0.05, 0.1) is 12.0 Å². The summed E-state index contributed by atoms with van der Waals surface area (Å²) in [5.41, 5.74) is 0.372. The lowest BCUT2D eigenvalue weighted by Gasteiger charge is -2.39. The van der Waals surface area contributed by atoms with Crippen molar-refractivity contribution in [3.63, 3.8) is 0 Å². The Hall–Kier alpha value is -2.48. The lowest BCUT2D eigenvalue weighted by molar-refractivity contribution is -0.238. The van der Waals surface area contributed by atoms with Crippen molar-refractivity contribution >= 4 is 23.7 Å². The summed E-state index contributed by atoms with van der Waals surface area (Å²) in [6.45, 7) is 3.41. The highest BCUT2D eigenvalue weighted by atomic mass is 16.7. The molecule has 2 fully saturated rings. The fourth-order valence-corrected chi connectivity index (χ4v) is 2.67. The second kappa shape index (κ2) is 8.06. The van der Waals surface area contributed by atoms with E-state index in [1.54, 1.807) is 25.2 Å². The molecule has 1 saturated heterocycles. The molecule has 1 saturated carbocycles. The number of hydroxylamine groups is 2.